The zero-order valence-corrected chi connectivity index (χ0v) is 9.66. The van der Waals surface area contributed by atoms with Gasteiger partial charge in [-0.05, 0) is 24.0 Å². The third-order valence-corrected chi connectivity index (χ3v) is 3.11. The molecule has 0 heterocycles. The van der Waals surface area contributed by atoms with Crippen LogP contribution in [0.2, 0.25) is 5.02 Å². The Balaban J connectivity index is 2.70. The first kappa shape index (κ1) is 12.1. The predicted octanol–water partition coefficient (Wildman–Crippen LogP) is 3.24. The van der Waals surface area contributed by atoms with Gasteiger partial charge in [-0.15, -0.1) is 0 Å². The Morgan fingerprint density at radius 2 is 2.00 bits per heavy atom. The second-order valence-electron chi connectivity index (χ2n) is 3.90. The summed E-state index contributed by atoms with van der Waals surface area (Å²) < 4.78 is 0. The van der Waals surface area contributed by atoms with Crippen LogP contribution in [0.3, 0.4) is 0 Å². The summed E-state index contributed by atoms with van der Waals surface area (Å²) in [6.45, 7) is 3.66. The van der Waals surface area contributed by atoms with Crippen molar-refractivity contribution >= 4 is 17.6 Å². The number of aliphatic carboxylic acids is 1. The summed E-state index contributed by atoms with van der Waals surface area (Å²) in [4.78, 5) is 10.8. The number of hydrogen-bond donors (Lipinski definition) is 1. The fourth-order valence-corrected chi connectivity index (χ4v) is 1.64. The van der Waals surface area contributed by atoms with Gasteiger partial charge in [0.2, 0.25) is 0 Å². The van der Waals surface area contributed by atoms with E-state index in [9.17, 15) is 4.79 Å². The van der Waals surface area contributed by atoms with Crippen molar-refractivity contribution in [3.8, 4) is 0 Å². The second-order valence-corrected chi connectivity index (χ2v) is 4.31. The number of halogens is 1. The Morgan fingerprint density at radius 1 is 1.40 bits per heavy atom. The highest BCUT2D eigenvalue weighted by atomic mass is 35.5. The molecule has 0 aromatic heterocycles. The van der Waals surface area contributed by atoms with Crippen LogP contribution in [-0.2, 0) is 11.2 Å². The summed E-state index contributed by atoms with van der Waals surface area (Å²) >= 11 is 6.01. The van der Waals surface area contributed by atoms with Crippen LogP contribution in [0, 0.1) is 11.8 Å². The third kappa shape index (κ3) is 3.24. The molecule has 0 spiro atoms. The monoisotopic (exact) mass is 226 g/mol. The Labute approximate surface area is 94.9 Å². The van der Waals surface area contributed by atoms with Crippen molar-refractivity contribution in [3.63, 3.8) is 0 Å². The summed E-state index contributed by atoms with van der Waals surface area (Å²) in [7, 11) is 0. The standard InChI is InChI=1S/C12H15ClO2/c1-8(9(2)12(14)15)7-10-5-3-4-6-11(10)13/h3-6,8-9H,7H2,1-2H3,(H,14,15). The number of rotatable bonds is 4. The fraction of sp³-hybridized carbons (Fsp3) is 0.417. The van der Waals surface area contributed by atoms with Crippen molar-refractivity contribution in [3.05, 3.63) is 34.9 Å². The molecule has 2 atom stereocenters. The molecule has 0 saturated carbocycles. The van der Waals surface area contributed by atoms with E-state index < -0.39 is 5.97 Å². The van der Waals surface area contributed by atoms with E-state index in [1.807, 2.05) is 31.2 Å². The molecule has 3 heteroatoms. The first-order valence-electron chi connectivity index (χ1n) is 4.98. The van der Waals surface area contributed by atoms with Crippen LogP contribution in [0.25, 0.3) is 0 Å². The molecule has 0 radical (unpaired) electrons. The minimum absolute atomic E-state index is 0.0856. The molecule has 82 valence electrons. The molecule has 0 saturated heterocycles. The highest BCUT2D eigenvalue weighted by Crippen LogP contribution is 2.22. The first-order valence-corrected chi connectivity index (χ1v) is 5.36. The summed E-state index contributed by atoms with van der Waals surface area (Å²) in [6.07, 6.45) is 0.702. The van der Waals surface area contributed by atoms with Gasteiger partial charge in [0.25, 0.3) is 0 Å². The fourth-order valence-electron chi connectivity index (χ4n) is 1.43. The molecule has 0 bridgehead atoms. The topological polar surface area (TPSA) is 37.3 Å². The molecule has 1 aromatic rings. The molecular weight excluding hydrogens is 212 g/mol. The molecule has 2 nitrogen and oxygen atoms in total. The lowest BCUT2D eigenvalue weighted by atomic mass is 9.90. The van der Waals surface area contributed by atoms with Gasteiger partial charge >= 0.3 is 5.97 Å². The Kier molecular flexibility index (Phi) is 4.15. The van der Waals surface area contributed by atoms with Gasteiger partial charge in [-0.25, -0.2) is 0 Å². The zero-order chi connectivity index (χ0) is 11.4. The van der Waals surface area contributed by atoms with Crippen LogP contribution in [0.5, 0.6) is 0 Å². The van der Waals surface area contributed by atoms with Crippen LogP contribution < -0.4 is 0 Å². The van der Waals surface area contributed by atoms with Crippen LogP contribution in [0.1, 0.15) is 19.4 Å². The Bertz CT molecular complexity index is 349. The average molecular weight is 227 g/mol. The van der Waals surface area contributed by atoms with Gasteiger partial charge in [0.15, 0.2) is 0 Å². The molecule has 2 unspecified atom stereocenters. The highest BCUT2D eigenvalue weighted by molar-refractivity contribution is 6.31. The van der Waals surface area contributed by atoms with E-state index in [1.165, 1.54) is 0 Å². The van der Waals surface area contributed by atoms with E-state index in [-0.39, 0.29) is 11.8 Å². The van der Waals surface area contributed by atoms with Gasteiger partial charge in [-0.2, -0.15) is 0 Å². The lowest BCUT2D eigenvalue weighted by Gasteiger charge is -2.16. The Hall–Kier alpha value is -1.02. The molecule has 0 fully saturated rings. The molecule has 15 heavy (non-hydrogen) atoms. The highest BCUT2D eigenvalue weighted by Gasteiger charge is 2.20. The van der Waals surface area contributed by atoms with Crippen molar-refractivity contribution in [1.29, 1.82) is 0 Å². The number of carbonyl (C=O) groups is 1. The summed E-state index contributed by atoms with van der Waals surface area (Å²) in [6, 6.07) is 7.55. The minimum Gasteiger partial charge on any atom is -0.481 e. The number of carboxylic acid groups (broad SMARTS) is 1. The van der Waals surface area contributed by atoms with E-state index in [2.05, 4.69) is 0 Å². The molecule has 1 N–H and O–H groups in total. The molecule has 1 rings (SSSR count). The summed E-state index contributed by atoms with van der Waals surface area (Å²) in [5.41, 5.74) is 1.01. The number of carboxylic acids is 1. The van der Waals surface area contributed by atoms with Gasteiger partial charge in [0.1, 0.15) is 0 Å². The van der Waals surface area contributed by atoms with E-state index in [4.69, 9.17) is 16.7 Å². The SMILES string of the molecule is CC(Cc1ccccc1Cl)C(C)C(=O)O. The van der Waals surface area contributed by atoms with E-state index in [0.29, 0.717) is 11.4 Å². The smallest absolute Gasteiger partial charge is 0.306 e. The molecule has 1 aromatic carbocycles. The maximum Gasteiger partial charge on any atom is 0.306 e. The lowest BCUT2D eigenvalue weighted by molar-refractivity contribution is -0.142. The van der Waals surface area contributed by atoms with Gasteiger partial charge in [0.05, 0.1) is 5.92 Å². The summed E-state index contributed by atoms with van der Waals surface area (Å²) in [5, 5.41) is 9.58. The molecule has 0 aliphatic rings. The minimum atomic E-state index is -0.755. The third-order valence-electron chi connectivity index (χ3n) is 2.74. The largest absolute Gasteiger partial charge is 0.481 e. The average Bonchev–Trinajstić information content (AvgIpc) is 2.20. The van der Waals surface area contributed by atoms with Crippen molar-refractivity contribution in [2.24, 2.45) is 11.8 Å². The number of benzene rings is 1. The van der Waals surface area contributed by atoms with E-state index in [1.54, 1.807) is 6.92 Å². The lowest BCUT2D eigenvalue weighted by Crippen LogP contribution is -2.20. The molecule has 0 aliphatic heterocycles. The van der Waals surface area contributed by atoms with Gasteiger partial charge in [0, 0.05) is 5.02 Å². The normalized spacial score (nSPS) is 14.6. The Morgan fingerprint density at radius 3 is 2.53 bits per heavy atom. The van der Waals surface area contributed by atoms with Crippen LogP contribution in [-0.4, -0.2) is 11.1 Å². The first-order chi connectivity index (χ1) is 7.02. The molecule has 0 amide bonds. The molecule has 0 aliphatic carbocycles. The zero-order valence-electron chi connectivity index (χ0n) is 8.90. The summed E-state index contributed by atoms with van der Waals surface area (Å²) in [5.74, 6) is -1.02. The van der Waals surface area contributed by atoms with Crippen LogP contribution in [0.4, 0.5) is 0 Å². The van der Waals surface area contributed by atoms with E-state index >= 15 is 0 Å². The second kappa shape index (κ2) is 5.17. The van der Waals surface area contributed by atoms with Crippen molar-refractivity contribution < 1.29 is 9.90 Å². The van der Waals surface area contributed by atoms with E-state index in [0.717, 1.165) is 5.56 Å². The number of hydrogen-bond acceptors (Lipinski definition) is 1. The van der Waals surface area contributed by atoms with Crippen LogP contribution in [0.15, 0.2) is 24.3 Å². The van der Waals surface area contributed by atoms with Gasteiger partial charge in [-0.1, -0.05) is 43.6 Å². The van der Waals surface area contributed by atoms with Gasteiger partial charge in [-0.3, -0.25) is 4.79 Å². The van der Waals surface area contributed by atoms with Crippen molar-refractivity contribution in [1.82, 2.24) is 0 Å². The quantitative estimate of drug-likeness (QED) is 0.856. The maximum absolute atomic E-state index is 10.8. The molecular formula is C12H15ClO2. The van der Waals surface area contributed by atoms with Gasteiger partial charge < -0.3 is 5.11 Å². The predicted molar refractivity (Wildman–Crippen MR) is 61.1 cm³/mol. The van der Waals surface area contributed by atoms with Crippen LogP contribution >= 0.6 is 11.6 Å². The maximum atomic E-state index is 10.8. The van der Waals surface area contributed by atoms with Crippen molar-refractivity contribution in [2.75, 3.05) is 0 Å². The van der Waals surface area contributed by atoms with Crippen molar-refractivity contribution in [2.45, 2.75) is 20.3 Å².